The minimum Gasteiger partial charge on any atom is -0.383 e. The summed E-state index contributed by atoms with van der Waals surface area (Å²) in [6.07, 6.45) is -2.38. The Morgan fingerprint density at radius 1 is 1.20 bits per heavy atom. The van der Waals surface area contributed by atoms with E-state index in [-0.39, 0.29) is 6.04 Å². The molecule has 5 heteroatoms. The third kappa shape index (κ3) is 8.72. The molecule has 0 radical (unpaired) electrons. The lowest BCUT2D eigenvalue weighted by Crippen LogP contribution is -2.39. The van der Waals surface area contributed by atoms with Crippen molar-refractivity contribution >= 4 is 0 Å². The molecule has 1 atom stereocenters. The van der Waals surface area contributed by atoms with Gasteiger partial charge < -0.3 is 14.8 Å². The second-order valence-electron chi connectivity index (χ2n) is 3.73. The van der Waals surface area contributed by atoms with Gasteiger partial charge in [0, 0.05) is 19.7 Å². The molecule has 3 nitrogen and oxygen atoms in total. The first-order chi connectivity index (χ1) is 7.07. The standard InChI is InChI=1S/C10H21F2NO2/c1-8(2)9(6-14-3)13-4-5-15-7-10(11)12/h8-10,13H,4-7H2,1-3H3. The van der Waals surface area contributed by atoms with Crippen LogP contribution in [0.25, 0.3) is 0 Å². The third-order valence-corrected chi connectivity index (χ3v) is 2.05. The lowest BCUT2D eigenvalue weighted by Gasteiger charge is -2.21. The first-order valence-electron chi connectivity index (χ1n) is 5.16. The molecule has 92 valence electrons. The Hall–Kier alpha value is -0.260. The van der Waals surface area contributed by atoms with E-state index in [4.69, 9.17) is 9.47 Å². The lowest BCUT2D eigenvalue weighted by atomic mass is 10.1. The molecule has 0 aliphatic carbocycles. The van der Waals surface area contributed by atoms with Crippen LogP contribution in [-0.2, 0) is 9.47 Å². The topological polar surface area (TPSA) is 30.5 Å². The highest BCUT2D eigenvalue weighted by Gasteiger charge is 2.11. The van der Waals surface area contributed by atoms with Gasteiger partial charge >= 0.3 is 0 Å². The average molecular weight is 225 g/mol. The van der Waals surface area contributed by atoms with Crippen molar-refractivity contribution in [1.29, 1.82) is 0 Å². The smallest absolute Gasteiger partial charge is 0.261 e. The number of hydrogen-bond acceptors (Lipinski definition) is 3. The van der Waals surface area contributed by atoms with Crippen LogP contribution in [0.2, 0.25) is 0 Å². The molecule has 0 saturated heterocycles. The van der Waals surface area contributed by atoms with Gasteiger partial charge in [0.1, 0.15) is 6.61 Å². The van der Waals surface area contributed by atoms with Gasteiger partial charge in [0.05, 0.1) is 13.2 Å². The molecule has 0 aliphatic heterocycles. The van der Waals surface area contributed by atoms with Gasteiger partial charge in [-0.15, -0.1) is 0 Å². The van der Waals surface area contributed by atoms with Crippen LogP contribution in [0.1, 0.15) is 13.8 Å². The van der Waals surface area contributed by atoms with E-state index in [1.54, 1.807) is 7.11 Å². The highest BCUT2D eigenvalue weighted by molar-refractivity contribution is 4.69. The Balaban J connectivity index is 3.45. The predicted molar refractivity (Wildman–Crippen MR) is 55.3 cm³/mol. The lowest BCUT2D eigenvalue weighted by molar-refractivity contribution is 0.0169. The number of methoxy groups -OCH3 is 1. The molecular weight excluding hydrogens is 204 g/mol. The highest BCUT2D eigenvalue weighted by atomic mass is 19.3. The number of nitrogens with one attached hydrogen (secondary N) is 1. The third-order valence-electron chi connectivity index (χ3n) is 2.05. The highest BCUT2D eigenvalue weighted by Crippen LogP contribution is 2.01. The van der Waals surface area contributed by atoms with E-state index < -0.39 is 13.0 Å². The normalized spacial score (nSPS) is 13.8. The Labute approximate surface area is 90.1 Å². The van der Waals surface area contributed by atoms with Crippen molar-refractivity contribution in [2.24, 2.45) is 5.92 Å². The van der Waals surface area contributed by atoms with E-state index in [9.17, 15) is 8.78 Å². The molecule has 0 aliphatic rings. The van der Waals surface area contributed by atoms with Crippen LogP contribution in [-0.4, -0.2) is 45.9 Å². The van der Waals surface area contributed by atoms with Gasteiger partial charge in [-0.2, -0.15) is 0 Å². The molecule has 0 amide bonds. The van der Waals surface area contributed by atoms with Gasteiger partial charge in [0.2, 0.25) is 0 Å². The van der Waals surface area contributed by atoms with Gasteiger partial charge in [-0.05, 0) is 5.92 Å². The van der Waals surface area contributed by atoms with Crippen LogP contribution in [0.15, 0.2) is 0 Å². The molecule has 0 rings (SSSR count). The van der Waals surface area contributed by atoms with E-state index in [0.29, 0.717) is 25.7 Å². The zero-order valence-electron chi connectivity index (χ0n) is 9.63. The fourth-order valence-electron chi connectivity index (χ4n) is 1.16. The Bertz CT molecular complexity index is 145. The Morgan fingerprint density at radius 2 is 1.87 bits per heavy atom. The quantitative estimate of drug-likeness (QED) is 0.604. The van der Waals surface area contributed by atoms with E-state index in [2.05, 4.69) is 19.2 Å². The summed E-state index contributed by atoms with van der Waals surface area (Å²) in [4.78, 5) is 0. The predicted octanol–water partition coefficient (Wildman–Crippen LogP) is 1.53. The maximum atomic E-state index is 11.7. The maximum Gasteiger partial charge on any atom is 0.261 e. The van der Waals surface area contributed by atoms with Gasteiger partial charge in [-0.25, -0.2) is 8.78 Å². The molecular formula is C10H21F2NO2. The van der Waals surface area contributed by atoms with Crippen LogP contribution in [0.5, 0.6) is 0 Å². The zero-order valence-corrected chi connectivity index (χ0v) is 9.63. The van der Waals surface area contributed by atoms with E-state index in [1.807, 2.05) is 0 Å². The summed E-state index contributed by atoms with van der Waals surface area (Å²) < 4.78 is 33.2. The van der Waals surface area contributed by atoms with Crippen LogP contribution in [0.4, 0.5) is 8.78 Å². The number of alkyl halides is 2. The molecule has 15 heavy (non-hydrogen) atoms. The summed E-state index contributed by atoms with van der Waals surface area (Å²) >= 11 is 0. The molecule has 0 aromatic heterocycles. The maximum absolute atomic E-state index is 11.7. The molecule has 0 saturated carbocycles. The molecule has 0 heterocycles. The van der Waals surface area contributed by atoms with Gasteiger partial charge in [0.15, 0.2) is 0 Å². The number of rotatable bonds is 9. The summed E-state index contributed by atoms with van der Waals surface area (Å²) in [5, 5.41) is 3.20. The van der Waals surface area contributed by atoms with Crippen LogP contribution < -0.4 is 5.32 Å². The minimum absolute atomic E-state index is 0.241. The molecule has 1 N–H and O–H groups in total. The molecule has 0 fully saturated rings. The van der Waals surface area contributed by atoms with Crippen LogP contribution in [0, 0.1) is 5.92 Å². The largest absolute Gasteiger partial charge is 0.383 e. The van der Waals surface area contributed by atoms with Crippen LogP contribution in [0.3, 0.4) is 0 Å². The summed E-state index contributed by atoms with van der Waals surface area (Å²) in [5.41, 5.74) is 0. The number of hydrogen-bond donors (Lipinski definition) is 1. The number of ether oxygens (including phenoxy) is 2. The average Bonchev–Trinajstić information content (AvgIpc) is 2.15. The summed E-state index contributed by atoms with van der Waals surface area (Å²) in [7, 11) is 1.64. The van der Waals surface area contributed by atoms with E-state index in [1.165, 1.54) is 0 Å². The van der Waals surface area contributed by atoms with Crippen molar-refractivity contribution in [1.82, 2.24) is 5.32 Å². The molecule has 0 spiro atoms. The Morgan fingerprint density at radius 3 is 2.33 bits per heavy atom. The molecule has 1 unspecified atom stereocenters. The first kappa shape index (κ1) is 14.7. The zero-order chi connectivity index (χ0) is 11.7. The van der Waals surface area contributed by atoms with Gasteiger partial charge in [-0.3, -0.25) is 0 Å². The summed E-state index contributed by atoms with van der Waals surface area (Å²) in [6, 6.07) is 0.241. The minimum atomic E-state index is -2.38. The first-order valence-corrected chi connectivity index (χ1v) is 5.16. The SMILES string of the molecule is COCC(NCCOCC(F)F)C(C)C. The van der Waals surface area contributed by atoms with Gasteiger partial charge in [-0.1, -0.05) is 13.8 Å². The second-order valence-corrected chi connectivity index (χ2v) is 3.73. The van der Waals surface area contributed by atoms with E-state index >= 15 is 0 Å². The Kier molecular flexibility index (Phi) is 8.85. The van der Waals surface area contributed by atoms with Crippen molar-refractivity contribution in [3.8, 4) is 0 Å². The molecule has 0 aromatic carbocycles. The fraction of sp³-hybridized carbons (Fsp3) is 1.00. The monoisotopic (exact) mass is 225 g/mol. The summed E-state index contributed by atoms with van der Waals surface area (Å²) in [5.74, 6) is 0.444. The second kappa shape index (κ2) is 9.00. The van der Waals surface area contributed by atoms with E-state index in [0.717, 1.165) is 0 Å². The van der Waals surface area contributed by atoms with Crippen molar-refractivity contribution in [2.75, 3.05) is 33.5 Å². The molecule has 0 aromatic rings. The van der Waals surface area contributed by atoms with Crippen molar-refractivity contribution in [3.63, 3.8) is 0 Å². The van der Waals surface area contributed by atoms with Gasteiger partial charge in [0.25, 0.3) is 6.43 Å². The van der Waals surface area contributed by atoms with Crippen LogP contribution >= 0.6 is 0 Å². The molecule has 0 bridgehead atoms. The van der Waals surface area contributed by atoms with Crippen molar-refractivity contribution < 1.29 is 18.3 Å². The number of halogens is 2. The van der Waals surface area contributed by atoms with Crippen molar-refractivity contribution in [2.45, 2.75) is 26.3 Å². The fourth-order valence-corrected chi connectivity index (χ4v) is 1.16. The van der Waals surface area contributed by atoms with Crippen molar-refractivity contribution in [3.05, 3.63) is 0 Å². The summed E-state index contributed by atoms with van der Waals surface area (Å²) in [6.45, 7) is 5.16.